The summed E-state index contributed by atoms with van der Waals surface area (Å²) in [6.45, 7) is 8.05. The highest BCUT2D eigenvalue weighted by Gasteiger charge is 2.15. The second-order valence-electron chi connectivity index (χ2n) is 6.06. The van der Waals surface area contributed by atoms with Crippen LogP contribution in [0.4, 0.5) is 10.2 Å². The smallest absolute Gasteiger partial charge is 0.141 e. The highest BCUT2D eigenvalue weighted by molar-refractivity contribution is 5.47. The van der Waals surface area contributed by atoms with E-state index in [1.54, 1.807) is 6.07 Å². The molecule has 112 valence electrons. The maximum absolute atomic E-state index is 13.5. The summed E-state index contributed by atoms with van der Waals surface area (Å²) in [7, 11) is 0. The van der Waals surface area contributed by atoms with Gasteiger partial charge in [-0.05, 0) is 31.4 Å². The molecule has 0 saturated carbocycles. The van der Waals surface area contributed by atoms with Crippen molar-refractivity contribution in [2.75, 3.05) is 24.5 Å². The van der Waals surface area contributed by atoms with Gasteiger partial charge in [-0.2, -0.15) is 0 Å². The quantitative estimate of drug-likeness (QED) is 0.896. The number of nitrogens with one attached hydrogen (secondary N) is 1. The van der Waals surface area contributed by atoms with E-state index in [1.807, 2.05) is 0 Å². The van der Waals surface area contributed by atoms with Gasteiger partial charge in [-0.1, -0.05) is 26.7 Å². The molecule has 0 atom stereocenters. The Morgan fingerprint density at radius 3 is 2.60 bits per heavy atom. The van der Waals surface area contributed by atoms with E-state index in [1.165, 1.54) is 31.9 Å². The molecule has 1 fully saturated rings. The molecule has 1 aromatic heterocycles. The molecule has 4 heteroatoms. The lowest BCUT2D eigenvalue weighted by atomic mass is 10.2. The van der Waals surface area contributed by atoms with E-state index in [2.05, 4.69) is 29.0 Å². The average Bonchev–Trinajstić information content (AvgIpc) is 2.67. The Morgan fingerprint density at radius 2 is 1.95 bits per heavy atom. The Kier molecular flexibility index (Phi) is 5.77. The van der Waals surface area contributed by atoms with Crippen molar-refractivity contribution in [2.24, 2.45) is 5.92 Å². The van der Waals surface area contributed by atoms with Gasteiger partial charge < -0.3 is 10.2 Å². The lowest BCUT2D eigenvalue weighted by molar-refractivity contribution is 0.548. The summed E-state index contributed by atoms with van der Waals surface area (Å²) in [5.41, 5.74) is 0.979. The number of halogens is 1. The van der Waals surface area contributed by atoms with E-state index < -0.39 is 0 Å². The highest BCUT2D eigenvalue weighted by atomic mass is 19.1. The standard InChI is InChI=1S/C16H26FN3/c1-13(2)10-18-11-14-9-15(17)12-19-16(14)20-7-5-3-4-6-8-20/h9,12-13,18H,3-8,10-11H2,1-2H3. The van der Waals surface area contributed by atoms with Crippen molar-refractivity contribution < 1.29 is 4.39 Å². The molecule has 0 aliphatic carbocycles. The predicted molar refractivity (Wildman–Crippen MR) is 81.4 cm³/mol. The summed E-state index contributed by atoms with van der Waals surface area (Å²) in [6, 6.07) is 1.63. The largest absolute Gasteiger partial charge is 0.356 e. The third-order valence-corrected chi connectivity index (χ3v) is 3.68. The van der Waals surface area contributed by atoms with E-state index in [0.29, 0.717) is 12.5 Å². The second-order valence-corrected chi connectivity index (χ2v) is 6.06. The van der Waals surface area contributed by atoms with Crippen molar-refractivity contribution in [3.05, 3.63) is 23.6 Å². The van der Waals surface area contributed by atoms with Crippen LogP contribution in [-0.2, 0) is 6.54 Å². The number of nitrogens with zero attached hydrogens (tertiary/aromatic N) is 2. The van der Waals surface area contributed by atoms with Gasteiger partial charge in [-0.25, -0.2) is 9.37 Å². The van der Waals surface area contributed by atoms with Gasteiger partial charge >= 0.3 is 0 Å². The van der Waals surface area contributed by atoms with Gasteiger partial charge in [-0.3, -0.25) is 0 Å². The van der Waals surface area contributed by atoms with Gasteiger partial charge in [0.1, 0.15) is 11.6 Å². The normalized spacial score (nSPS) is 16.5. The number of rotatable bonds is 5. The first kappa shape index (κ1) is 15.2. The minimum Gasteiger partial charge on any atom is -0.356 e. The van der Waals surface area contributed by atoms with Crippen molar-refractivity contribution in [1.82, 2.24) is 10.3 Å². The molecule has 1 aliphatic heterocycles. The third kappa shape index (κ3) is 4.44. The molecule has 1 saturated heterocycles. The fourth-order valence-corrected chi connectivity index (χ4v) is 2.67. The van der Waals surface area contributed by atoms with Crippen LogP contribution in [0, 0.1) is 11.7 Å². The Morgan fingerprint density at radius 1 is 1.25 bits per heavy atom. The summed E-state index contributed by atoms with van der Waals surface area (Å²) in [5, 5.41) is 3.39. The first-order chi connectivity index (χ1) is 9.66. The number of aromatic nitrogens is 1. The molecule has 1 aliphatic rings. The number of pyridine rings is 1. The van der Waals surface area contributed by atoms with E-state index in [-0.39, 0.29) is 5.82 Å². The molecule has 1 N–H and O–H groups in total. The maximum Gasteiger partial charge on any atom is 0.141 e. The minimum atomic E-state index is -0.245. The number of hydrogen-bond donors (Lipinski definition) is 1. The van der Waals surface area contributed by atoms with Crippen LogP contribution in [0.25, 0.3) is 0 Å². The first-order valence-electron chi connectivity index (χ1n) is 7.77. The van der Waals surface area contributed by atoms with Crippen LogP contribution in [0.2, 0.25) is 0 Å². The number of hydrogen-bond acceptors (Lipinski definition) is 3. The van der Waals surface area contributed by atoms with Crippen LogP contribution in [0.15, 0.2) is 12.3 Å². The lowest BCUT2D eigenvalue weighted by Gasteiger charge is -2.24. The second kappa shape index (κ2) is 7.58. The molecule has 3 nitrogen and oxygen atoms in total. The SMILES string of the molecule is CC(C)CNCc1cc(F)cnc1N1CCCCCC1. The lowest BCUT2D eigenvalue weighted by Crippen LogP contribution is -2.28. The zero-order valence-corrected chi connectivity index (χ0v) is 12.7. The van der Waals surface area contributed by atoms with Crippen LogP contribution >= 0.6 is 0 Å². The van der Waals surface area contributed by atoms with Crippen molar-refractivity contribution in [3.63, 3.8) is 0 Å². The minimum absolute atomic E-state index is 0.245. The Balaban J connectivity index is 2.09. The first-order valence-corrected chi connectivity index (χ1v) is 7.77. The van der Waals surface area contributed by atoms with Gasteiger partial charge in [0.15, 0.2) is 0 Å². The van der Waals surface area contributed by atoms with Gasteiger partial charge in [0, 0.05) is 25.2 Å². The monoisotopic (exact) mass is 279 g/mol. The molecule has 2 heterocycles. The molecule has 0 amide bonds. The van der Waals surface area contributed by atoms with Crippen LogP contribution in [-0.4, -0.2) is 24.6 Å². The molecule has 0 radical (unpaired) electrons. The summed E-state index contributed by atoms with van der Waals surface area (Å²) in [6.07, 6.45) is 6.33. The molecular weight excluding hydrogens is 253 g/mol. The van der Waals surface area contributed by atoms with Crippen molar-refractivity contribution in [1.29, 1.82) is 0 Å². The van der Waals surface area contributed by atoms with E-state index in [4.69, 9.17) is 0 Å². The zero-order chi connectivity index (χ0) is 14.4. The third-order valence-electron chi connectivity index (χ3n) is 3.68. The van der Waals surface area contributed by atoms with Crippen molar-refractivity contribution in [3.8, 4) is 0 Å². The van der Waals surface area contributed by atoms with Crippen LogP contribution in [0.1, 0.15) is 45.1 Å². The summed E-state index contributed by atoms with van der Waals surface area (Å²) in [5.74, 6) is 1.31. The van der Waals surface area contributed by atoms with Crippen LogP contribution in [0.5, 0.6) is 0 Å². The topological polar surface area (TPSA) is 28.2 Å². The van der Waals surface area contributed by atoms with Gasteiger partial charge in [0.05, 0.1) is 6.20 Å². The van der Waals surface area contributed by atoms with E-state index >= 15 is 0 Å². The van der Waals surface area contributed by atoms with Crippen molar-refractivity contribution >= 4 is 5.82 Å². The van der Waals surface area contributed by atoms with Crippen LogP contribution in [0.3, 0.4) is 0 Å². The van der Waals surface area contributed by atoms with Crippen LogP contribution < -0.4 is 10.2 Å². The summed E-state index contributed by atoms with van der Waals surface area (Å²) < 4.78 is 13.5. The fraction of sp³-hybridized carbons (Fsp3) is 0.688. The summed E-state index contributed by atoms with van der Waals surface area (Å²) >= 11 is 0. The molecule has 1 aromatic rings. The predicted octanol–water partition coefficient (Wildman–Crippen LogP) is 3.35. The van der Waals surface area contributed by atoms with Gasteiger partial charge in [0.2, 0.25) is 0 Å². The van der Waals surface area contributed by atoms with Crippen molar-refractivity contribution in [2.45, 2.75) is 46.1 Å². The Labute approximate surface area is 121 Å². The van der Waals surface area contributed by atoms with Gasteiger partial charge in [-0.15, -0.1) is 0 Å². The van der Waals surface area contributed by atoms with E-state index in [9.17, 15) is 4.39 Å². The summed E-state index contributed by atoms with van der Waals surface area (Å²) in [4.78, 5) is 6.67. The molecule has 20 heavy (non-hydrogen) atoms. The highest BCUT2D eigenvalue weighted by Crippen LogP contribution is 2.22. The maximum atomic E-state index is 13.5. The van der Waals surface area contributed by atoms with Gasteiger partial charge in [0.25, 0.3) is 0 Å². The zero-order valence-electron chi connectivity index (χ0n) is 12.7. The molecule has 2 rings (SSSR count). The number of anilines is 1. The molecule has 0 aromatic carbocycles. The molecule has 0 spiro atoms. The Hall–Kier alpha value is -1.16. The molecule has 0 unspecified atom stereocenters. The molecule has 0 bridgehead atoms. The average molecular weight is 279 g/mol. The van der Waals surface area contributed by atoms with E-state index in [0.717, 1.165) is 31.0 Å². The Bertz CT molecular complexity index is 412. The fourth-order valence-electron chi connectivity index (χ4n) is 2.67. The molecular formula is C16H26FN3.